The van der Waals surface area contributed by atoms with Crippen molar-refractivity contribution in [1.82, 2.24) is 0 Å². The van der Waals surface area contributed by atoms with Gasteiger partial charge in [0, 0.05) is 0 Å². The van der Waals surface area contributed by atoms with E-state index in [9.17, 15) is 4.57 Å². The van der Waals surface area contributed by atoms with E-state index in [0.29, 0.717) is 11.5 Å². The second kappa shape index (κ2) is 13.2. The smallest absolute Gasteiger partial charge is 0.395 e. The summed E-state index contributed by atoms with van der Waals surface area (Å²) in [5.41, 5.74) is 0. The summed E-state index contributed by atoms with van der Waals surface area (Å²) < 4.78 is 30.2. The Morgan fingerprint density at radius 2 is 1.25 bits per heavy atom. The van der Waals surface area contributed by atoms with Crippen molar-refractivity contribution in [3.8, 4) is 11.5 Å². The molecular formula is C22H30IO4P. The Morgan fingerprint density at radius 1 is 0.786 bits per heavy atom. The predicted octanol–water partition coefficient (Wildman–Crippen LogP) is 8.17. The lowest BCUT2D eigenvalue weighted by Crippen LogP contribution is -2.10. The van der Waals surface area contributed by atoms with Crippen LogP contribution >= 0.6 is 30.4 Å². The molecule has 0 aliphatic rings. The highest BCUT2D eigenvalue weighted by atomic mass is 127. The van der Waals surface area contributed by atoms with E-state index in [1.165, 1.54) is 32.1 Å². The van der Waals surface area contributed by atoms with Gasteiger partial charge in [-0.2, -0.15) is 0 Å². The molecular weight excluding hydrogens is 486 g/mol. The van der Waals surface area contributed by atoms with Crippen LogP contribution in [0.3, 0.4) is 0 Å². The third-order valence-corrected chi connectivity index (χ3v) is 6.86. The molecule has 0 saturated heterocycles. The maximum atomic E-state index is 13.3. The van der Waals surface area contributed by atoms with Gasteiger partial charge < -0.3 is 9.05 Å². The topological polar surface area (TPSA) is 44.8 Å². The van der Waals surface area contributed by atoms with Gasteiger partial charge in [0.05, 0.1) is 0 Å². The minimum atomic E-state index is -3.80. The van der Waals surface area contributed by atoms with Crippen LogP contribution in [0.5, 0.6) is 11.5 Å². The monoisotopic (exact) mass is 516 g/mol. The maximum Gasteiger partial charge on any atom is 0.588 e. The number of alkyl halides is 1. The Bertz CT molecular complexity index is 651. The Balaban J connectivity index is 1.88. The van der Waals surface area contributed by atoms with Crippen molar-refractivity contribution in [1.29, 1.82) is 0 Å². The van der Waals surface area contributed by atoms with Crippen LogP contribution in [-0.4, -0.2) is 4.11 Å². The number of phosphoric ester groups is 1. The molecule has 2 aromatic carbocycles. The van der Waals surface area contributed by atoms with Crippen LogP contribution in [0, 0.1) is 0 Å². The standard InChI is InChI=1S/C22H30IO4P/c1-2-3-4-5-6-7-14-19-22(23)27-28(24,25-20-15-10-8-11-16-20)26-21-17-12-9-13-18-21/h8-13,15-18,22H,2-7,14,19H2,1H3. The molecule has 0 aliphatic carbocycles. The van der Waals surface area contributed by atoms with Crippen molar-refractivity contribution in [2.45, 2.75) is 62.4 Å². The van der Waals surface area contributed by atoms with Gasteiger partial charge in [0.15, 0.2) is 0 Å². The second-order valence-corrected chi connectivity index (χ2v) is 9.54. The van der Waals surface area contributed by atoms with E-state index < -0.39 is 7.82 Å². The summed E-state index contributed by atoms with van der Waals surface area (Å²) in [6.07, 6.45) is 9.43. The van der Waals surface area contributed by atoms with Gasteiger partial charge in [-0.1, -0.05) is 111 Å². The van der Waals surface area contributed by atoms with Crippen molar-refractivity contribution in [3.63, 3.8) is 0 Å². The van der Waals surface area contributed by atoms with E-state index in [1.807, 2.05) is 36.4 Å². The van der Waals surface area contributed by atoms with Crippen molar-refractivity contribution >= 4 is 30.4 Å². The molecule has 2 rings (SSSR count). The van der Waals surface area contributed by atoms with E-state index in [4.69, 9.17) is 13.6 Å². The zero-order chi connectivity index (χ0) is 20.1. The van der Waals surface area contributed by atoms with Gasteiger partial charge in [-0.15, -0.1) is 0 Å². The van der Waals surface area contributed by atoms with Crippen LogP contribution in [0.25, 0.3) is 0 Å². The molecule has 6 heteroatoms. The Hall–Kier alpha value is -1.04. The fraction of sp³-hybridized carbons (Fsp3) is 0.455. The lowest BCUT2D eigenvalue weighted by atomic mass is 10.1. The van der Waals surface area contributed by atoms with E-state index in [0.717, 1.165) is 19.3 Å². The van der Waals surface area contributed by atoms with Crippen molar-refractivity contribution < 1.29 is 18.1 Å². The predicted molar refractivity (Wildman–Crippen MR) is 123 cm³/mol. The second-order valence-electron chi connectivity index (χ2n) is 6.68. The molecule has 0 aliphatic heterocycles. The average Bonchev–Trinajstić information content (AvgIpc) is 2.68. The first-order chi connectivity index (χ1) is 13.6. The lowest BCUT2D eigenvalue weighted by molar-refractivity contribution is 0.195. The Morgan fingerprint density at radius 3 is 1.75 bits per heavy atom. The van der Waals surface area contributed by atoms with Crippen LogP contribution in [0.4, 0.5) is 0 Å². The number of hydrogen-bond donors (Lipinski definition) is 0. The van der Waals surface area contributed by atoms with Crippen LogP contribution in [0.2, 0.25) is 0 Å². The summed E-state index contributed by atoms with van der Waals surface area (Å²) in [5, 5.41) is 0. The molecule has 2 aromatic rings. The fourth-order valence-electron chi connectivity index (χ4n) is 2.74. The molecule has 0 fully saturated rings. The maximum absolute atomic E-state index is 13.3. The minimum Gasteiger partial charge on any atom is -0.395 e. The molecule has 1 unspecified atom stereocenters. The fourth-order valence-corrected chi connectivity index (χ4v) is 5.28. The first-order valence-corrected chi connectivity index (χ1v) is 12.7. The molecule has 4 nitrogen and oxygen atoms in total. The number of benzene rings is 2. The highest BCUT2D eigenvalue weighted by molar-refractivity contribution is 14.1. The van der Waals surface area contributed by atoms with Crippen LogP contribution in [0.1, 0.15) is 58.3 Å². The molecule has 0 amide bonds. The Kier molecular flexibility index (Phi) is 11.0. The van der Waals surface area contributed by atoms with Gasteiger partial charge in [0.2, 0.25) is 0 Å². The number of hydrogen-bond acceptors (Lipinski definition) is 4. The summed E-state index contributed by atoms with van der Waals surface area (Å²) >= 11 is 2.17. The van der Waals surface area contributed by atoms with Crippen LogP contribution < -0.4 is 9.05 Å². The van der Waals surface area contributed by atoms with E-state index in [1.54, 1.807) is 24.3 Å². The highest BCUT2D eigenvalue weighted by Crippen LogP contribution is 2.51. The molecule has 0 saturated carbocycles. The van der Waals surface area contributed by atoms with Gasteiger partial charge in [0.1, 0.15) is 15.6 Å². The first-order valence-electron chi connectivity index (χ1n) is 10.0. The number of halogens is 1. The van der Waals surface area contributed by atoms with Gasteiger partial charge >= 0.3 is 7.82 Å². The number of phosphoric acid groups is 1. The Labute approximate surface area is 182 Å². The summed E-state index contributed by atoms with van der Waals surface area (Å²) in [5.74, 6) is 0.919. The minimum absolute atomic E-state index is 0.244. The lowest BCUT2D eigenvalue weighted by Gasteiger charge is -2.21. The van der Waals surface area contributed by atoms with Crippen LogP contribution in [-0.2, 0) is 9.09 Å². The third kappa shape index (κ3) is 9.44. The number of rotatable bonds is 14. The molecule has 0 aromatic heterocycles. The molecule has 1 atom stereocenters. The first kappa shape index (κ1) is 23.2. The summed E-state index contributed by atoms with van der Waals surface area (Å²) in [7, 11) is -3.80. The molecule has 154 valence electrons. The SMILES string of the molecule is CCCCCCCCCC(I)OP(=O)(Oc1ccccc1)Oc1ccccc1. The molecule has 0 bridgehead atoms. The van der Waals surface area contributed by atoms with Crippen molar-refractivity contribution in [2.75, 3.05) is 0 Å². The van der Waals surface area contributed by atoms with Gasteiger partial charge in [-0.3, -0.25) is 4.52 Å². The summed E-state index contributed by atoms with van der Waals surface area (Å²) in [6.45, 7) is 2.23. The van der Waals surface area contributed by atoms with Gasteiger partial charge in [0.25, 0.3) is 0 Å². The normalized spacial score (nSPS) is 12.5. The quantitative estimate of drug-likeness (QED) is 0.110. The van der Waals surface area contributed by atoms with E-state index >= 15 is 0 Å². The third-order valence-electron chi connectivity index (χ3n) is 4.20. The number of para-hydroxylation sites is 2. The van der Waals surface area contributed by atoms with E-state index in [-0.39, 0.29) is 4.11 Å². The molecule has 0 N–H and O–H groups in total. The van der Waals surface area contributed by atoms with Crippen LogP contribution in [0.15, 0.2) is 60.7 Å². The average molecular weight is 516 g/mol. The van der Waals surface area contributed by atoms with Gasteiger partial charge in [-0.05, 0) is 30.7 Å². The van der Waals surface area contributed by atoms with E-state index in [2.05, 4.69) is 29.5 Å². The molecule has 0 radical (unpaired) electrons. The molecule has 0 spiro atoms. The van der Waals surface area contributed by atoms with Crippen molar-refractivity contribution in [3.05, 3.63) is 60.7 Å². The summed E-state index contributed by atoms with van der Waals surface area (Å²) in [6, 6.07) is 18.0. The zero-order valence-electron chi connectivity index (χ0n) is 16.5. The summed E-state index contributed by atoms with van der Waals surface area (Å²) in [4.78, 5) is 0. The zero-order valence-corrected chi connectivity index (χ0v) is 19.5. The largest absolute Gasteiger partial charge is 0.588 e. The van der Waals surface area contributed by atoms with Crippen molar-refractivity contribution in [2.24, 2.45) is 0 Å². The van der Waals surface area contributed by atoms with Gasteiger partial charge in [-0.25, -0.2) is 4.57 Å². The molecule has 0 heterocycles. The molecule has 28 heavy (non-hydrogen) atoms. The number of unbranched alkanes of at least 4 members (excludes halogenated alkanes) is 6. The highest BCUT2D eigenvalue weighted by Gasteiger charge is 2.33.